The maximum atomic E-state index is 13.2. The molecular weight excluding hydrogens is 541 g/mol. The molecule has 0 aliphatic heterocycles. The van der Waals surface area contributed by atoms with Gasteiger partial charge in [-0.25, -0.2) is 4.79 Å². The molecule has 0 fully saturated rings. The van der Waals surface area contributed by atoms with E-state index in [0.717, 1.165) is 19.2 Å². The molecule has 1 amide bonds. The van der Waals surface area contributed by atoms with Crippen LogP contribution in [0.4, 0.5) is 18.9 Å². The number of rotatable bonds is 8. The summed E-state index contributed by atoms with van der Waals surface area (Å²) in [6.07, 6.45) is -4.54. The first-order chi connectivity index (χ1) is 19.5. The summed E-state index contributed by atoms with van der Waals surface area (Å²) in [6.45, 7) is 0. The zero-order valence-corrected chi connectivity index (χ0v) is 21.5. The average Bonchev–Trinajstić information content (AvgIpc) is 2.96. The summed E-state index contributed by atoms with van der Waals surface area (Å²) in [4.78, 5) is 36.2. The third kappa shape index (κ3) is 6.88. The quantitative estimate of drug-likeness (QED) is 0.150. The number of carbonyl (C=O) groups excluding carboxylic acids is 2. The highest BCUT2D eigenvalue weighted by Gasteiger charge is 2.30. The Labute approximate surface area is 232 Å². The van der Waals surface area contributed by atoms with E-state index in [2.05, 4.69) is 5.32 Å². The number of phenolic OH excluding ortho intramolecular Hbond substituents is 1. The predicted molar refractivity (Wildman–Crippen MR) is 144 cm³/mol. The standard InChI is InChI=1S/C30H23F3N2O6/c1-41-29(38)26(14-18-8-10-19(11-9-18)21-5-3-7-24(16-21)35(39)40)34-28(37)25-17-22(12-13-27(25)36)20-4-2-6-23(15-20)30(31,32)33/h2-13,15-17,26,36H,14H2,1H3,(H,34,37)/t26-/m0/s1. The van der Waals surface area contributed by atoms with Gasteiger partial charge in [-0.1, -0.05) is 54.6 Å². The highest BCUT2D eigenvalue weighted by Crippen LogP contribution is 2.33. The van der Waals surface area contributed by atoms with Crippen LogP contribution in [0, 0.1) is 10.1 Å². The van der Waals surface area contributed by atoms with Gasteiger partial charge in [0.25, 0.3) is 11.6 Å². The van der Waals surface area contributed by atoms with Crippen molar-refractivity contribution in [2.75, 3.05) is 7.11 Å². The van der Waals surface area contributed by atoms with Gasteiger partial charge in [0.05, 0.1) is 23.2 Å². The minimum Gasteiger partial charge on any atom is -0.507 e. The van der Waals surface area contributed by atoms with Gasteiger partial charge in [0.2, 0.25) is 0 Å². The van der Waals surface area contributed by atoms with Crippen molar-refractivity contribution in [3.05, 3.63) is 118 Å². The average molecular weight is 565 g/mol. The molecule has 0 heterocycles. The van der Waals surface area contributed by atoms with Crippen molar-refractivity contribution in [1.82, 2.24) is 5.32 Å². The first-order valence-electron chi connectivity index (χ1n) is 12.2. The molecule has 0 bridgehead atoms. The number of carbonyl (C=O) groups is 2. The van der Waals surface area contributed by atoms with Crippen LogP contribution in [-0.2, 0) is 22.1 Å². The molecule has 1 atom stereocenters. The molecule has 0 aliphatic carbocycles. The lowest BCUT2D eigenvalue weighted by atomic mass is 9.99. The topological polar surface area (TPSA) is 119 Å². The Kier molecular flexibility index (Phi) is 8.37. The molecule has 2 N–H and O–H groups in total. The molecule has 4 rings (SSSR count). The normalized spacial score (nSPS) is 11.9. The van der Waals surface area contributed by atoms with Crippen molar-refractivity contribution in [2.45, 2.75) is 18.6 Å². The van der Waals surface area contributed by atoms with Crippen LogP contribution in [0.15, 0.2) is 91.0 Å². The van der Waals surface area contributed by atoms with Gasteiger partial charge in [-0.15, -0.1) is 0 Å². The molecule has 4 aromatic carbocycles. The van der Waals surface area contributed by atoms with Gasteiger partial charge < -0.3 is 15.2 Å². The third-order valence-electron chi connectivity index (χ3n) is 6.34. The van der Waals surface area contributed by atoms with E-state index in [0.29, 0.717) is 16.7 Å². The summed E-state index contributed by atoms with van der Waals surface area (Å²) >= 11 is 0. The van der Waals surface area contributed by atoms with E-state index in [9.17, 15) is 38.0 Å². The van der Waals surface area contributed by atoms with E-state index in [1.54, 1.807) is 36.4 Å². The van der Waals surface area contributed by atoms with E-state index in [1.165, 1.54) is 42.5 Å². The highest BCUT2D eigenvalue weighted by atomic mass is 19.4. The molecule has 0 spiro atoms. The summed E-state index contributed by atoms with van der Waals surface area (Å²) in [6, 6.07) is 20.1. The second-order valence-electron chi connectivity index (χ2n) is 9.07. The molecule has 0 unspecified atom stereocenters. The number of ether oxygens (including phenoxy) is 1. The van der Waals surface area contributed by atoms with Crippen LogP contribution in [0.3, 0.4) is 0 Å². The maximum Gasteiger partial charge on any atom is 0.416 e. The summed E-state index contributed by atoms with van der Waals surface area (Å²) in [7, 11) is 1.15. The van der Waals surface area contributed by atoms with Gasteiger partial charge in [-0.3, -0.25) is 14.9 Å². The number of aromatic hydroxyl groups is 1. The van der Waals surface area contributed by atoms with Crippen LogP contribution < -0.4 is 5.32 Å². The SMILES string of the molecule is COC(=O)[C@H](Cc1ccc(-c2cccc([N+](=O)[O-])c2)cc1)NC(=O)c1cc(-c2cccc(C(F)(F)F)c2)ccc1O. The third-order valence-corrected chi connectivity index (χ3v) is 6.34. The minimum atomic E-state index is -4.56. The van der Waals surface area contributed by atoms with E-state index < -0.39 is 40.3 Å². The van der Waals surface area contributed by atoms with Gasteiger partial charge in [-0.2, -0.15) is 13.2 Å². The van der Waals surface area contributed by atoms with Crippen molar-refractivity contribution in [1.29, 1.82) is 0 Å². The van der Waals surface area contributed by atoms with Crippen LogP contribution in [0.25, 0.3) is 22.3 Å². The number of alkyl halides is 3. The molecule has 11 heteroatoms. The summed E-state index contributed by atoms with van der Waals surface area (Å²) in [5.41, 5.74) is 1.24. The maximum absolute atomic E-state index is 13.2. The number of nitrogens with zero attached hydrogens (tertiary/aromatic N) is 1. The molecule has 0 saturated heterocycles. The van der Waals surface area contributed by atoms with Crippen LogP contribution in [-0.4, -0.2) is 35.1 Å². The Bertz CT molecular complexity index is 1600. The summed E-state index contributed by atoms with van der Waals surface area (Å²) in [5, 5.41) is 23.9. The summed E-state index contributed by atoms with van der Waals surface area (Å²) < 4.78 is 44.3. The predicted octanol–water partition coefficient (Wildman–Crippen LogP) is 6.17. The molecule has 0 saturated carbocycles. The van der Waals surface area contributed by atoms with Gasteiger partial charge in [0.15, 0.2) is 0 Å². The first-order valence-corrected chi connectivity index (χ1v) is 12.2. The van der Waals surface area contributed by atoms with Crippen molar-refractivity contribution in [3.63, 3.8) is 0 Å². The number of non-ortho nitro benzene ring substituents is 1. The minimum absolute atomic E-state index is 0.0156. The van der Waals surface area contributed by atoms with E-state index in [-0.39, 0.29) is 28.8 Å². The van der Waals surface area contributed by atoms with E-state index >= 15 is 0 Å². The fourth-order valence-electron chi connectivity index (χ4n) is 4.21. The van der Waals surface area contributed by atoms with E-state index in [1.807, 2.05) is 0 Å². The fourth-order valence-corrected chi connectivity index (χ4v) is 4.21. The van der Waals surface area contributed by atoms with Crippen LogP contribution in [0.1, 0.15) is 21.5 Å². The number of nitro benzene ring substituents is 1. The Morgan fingerprint density at radius 1 is 0.902 bits per heavy atom. The Morgan fingerprint density at radius 2 is 1.51 bits per heavy atom. The Morgan fingerprint density at radius 3 is 2.15 bits per heavy atom. The zero-order valence-electron chi connectivity index (χ0n) is 21.5. The number of nitrogens with one attached hydrogen (secondary N) is 1. The van der Waals surface area contributed by atoms with E-state index in [4.69, 9.17) is 4.74 Å². The zero-order chi connectivity index (χ0) is 29.7. The number of nitro groups is 1. The molecular formula is C30H23F3N2O6. The second kappa shape index (κ2) is 11.9. The number of halogens is 3. The lowest BCUT2D eigenvalue weighted by molar-refractivity contribution is -0.384. The van der Waals surface area contributed by atoms with Crippen molar-refractivity contribution < 1.29 is 37.5 Å². The van der Waals surface area contributed by atoms with Gasteiger partial charge in [0, 0.05) is 18.6 Å². The molecule has 210 valence electrons. The number of amides is 1. The number of esters is 1. The number of benzene rings is 4. The van der Waals surface area contributed by atoms with Crippen LogP contribution in [0.5, 0.6) is 5.75 Å². The second-order valence-corrected chi connectivity index (χ2v) is 9.07. The molecule has 4 aromatic rings. The Balaban J connectivity index is 1.55. The lowest BCUT2D eigenvalue weighted by Gasteiger charge is -2.18. The largest absolute Gasteiger partial charge is 0.507 e. The fraction of sp³-hybridized carbons (Fsp3) is 0.133. The lowest BCUT2D eigenvalue weighted by Crippen LogP contribution is -2.43. The molecule has 0 radical (unpaired) electrons. The van der Waals surface area contributed by atoms with Crippen molar-refractivity contribution >= 4 is 17.6 Å². The molecule has 41 heavy (non-hydrogen) atoms. The van der Waals surface area contributed by atoms with Gasteiger partial charge in [-0.05, 0) is 52.1 Å². The molecule has 0 aliphatic rings. The number of phenols is 1. The van der Waals surface area contributed by atoms with Crippen molar-refractivity contribution in [2.24, 2.45) is 0 Å². The Hall–Kier alpha value is -5.19. The van der Waals surface area contributed by atoms with Gasteiger partial charge in [0.1, 0.15) is 11.8 Å². The number of methoxy groups -OCH3 is 1. The number of hydrogen-bond acceptors (Lipinski definition) is 6. The molecule has 8 nitrogen and oxygen atoms in total. The van der Waals surface area contributed by atoms with Gasteiger partial charge >= 0.3 is 12.1 Å². The summed E-state index contributed by atoms with van der Waals surface area (Å²) in [5.74, 6) is -2.02. The van der Waals surface area contributed by atoms with Crippen LogP contribution >= 0.6 is 0 Å². The smallest absolute Gasteiger partial charge is 0.416 e. The van der Waals surface area contributed by atoms with Crippen LogP contribution in [0.2, 0.25) is 0 Å². The monoisotopic (exact) mass is 564 g/mol. The highest BCUT2D eigenvalue weighted by molar-refractivity contribution is 6.00. The van der Waals surface area contributed by atoms with Crippen molar-refractivity contribution in [3.8, 4) is 28.0 Å². The first kappa shape index (κ1) is 28.8. The number of hydrogen-bond donors (Lipinski definition) is 2. The molecule has 0 aromatic heterocycles.